The SMILES string of the molecule is C[CH2][Sn]1([CH2]C)[O]C(=O)[O][Sn]([CH2]C)([CH2]C)[O]1. The molecule has 0 unspecified atom stereocenters. The standard InChI is InChI=1S/4C2H5.CH2O3.O.2Sn/c4*1-2;2-1(3)4;;;/h4*1H2,2H3;(H2,2,3,4);;;/q;;;;;;2*+1/p-2. The van der Waals surface area contributed by atoms with E-state index in [-0.39, 0.29) is 0 Å². The molecule has 0 atom stereocenters. The Kier molecular flexibility index (Phi) is 5.04. The Morgan fingerprint density at radius 2 is 1.20 bits per heavy atom. The van der Waals surface area contributed by atoms with Gasteiger partial charge in [-0.25, -0.2) is 0 Å². The van der Waals surface area contributed by atoms with Gasteiger partial charge < -0.3 is 0 Å². The van der Waals surface area contributed by atoms with Crippen molar-refractivity contribution >= 4 is 44.6 Å². The molecule has 0 saturated carbocycles. The fourth-order valence-corrected chi connectivity index (χ4v) is 38.4. The van der Waals surface area contributed by atoms with Gasteiger partial charge in [-0.05, 0) is 0 Å². The zero-order chi connectivity index (χ0) is 11.5. The van der Waals surface area contributed by atoms with Crippen molar-refractivity contribution < 1.29 is 12.4 Å². The van der Waals surface area contributed by atoms with Gasteiger partial charge in [-0.15, -0.1) is 0 Å². The number of carbonyl (C=O) groups is 1. The molecule has 88 valence electrons. The van der Waals surface area contributed by atoms with E-state index in [1.807, 2.05) is 0 Å². The average molecular weight is 430 g/mol. The van der Waals surface area contributed by atoms with Gasteiger partial charge in [0.2, 0.25) is 0 Å². The van der Waals surface area contributed by atoms with Crippen LogP contribution in [0.5, 0.6) is 0 Å². The summed E-state index contributed by atoms with van der Waals surface area (Å²) < 4.78 is 20.7. The normalized spacial score (nSPS) is 23.1. The molecule has 0 radical (unpaired) electrons. The summed E-state index contributed by atoms with van der Waals surface area (Å²) in [5, 5.41) is 0. The van der Waals surface area contributed by atoms with Crippen LogP contribution in [0.1, 0.15) is 27.7 Å². The number of rotatable bonds is 4. The first-order valence-electron chi connectivity index (χ1n) is 5.67. The Morgan fingerprint density at radius 1 is 0.867 bits per heavy atom. The third-order valence-corrected chi connectivity index (χ3v) is 34.8. The van der Waals surface area contributed by atoms with E-state index in [1.54, 1.807) is 0 Å². The van der Waals surface area contributed by atoms with Crippen molar-refractivity contribution in [3.63, 3.8) is 0 Å². The van der Waals surface area contributed by atoms with Crippen LogP contribution in [0.15, 0.2) is 0 Å². The summed E-state index contributed by atoms with van der Waals surface area (Å²) in [6.07, 6.45) is -0.430. The number of hydrogen-bond donors (Lipinski definition) is 0. The predicted octanol–water partition coefficient (Wildman–Crippen LogP) is 3.13. The molecule has 15 heavy (non-hydrogen) atoms. The van der Waals surface area contributed by atoms with Crippen molar-refractivity contribution in [3.05, 3.63) is 0 Å². The summed E-state index contributed by atoms with van der Waals surface area (Å²) in [6, 6.07) is 0. The fraction of sp³-hybridized carbons (Fsp3) is 0.889. The summed E-state index contributed by atoms with van der Waals surface area (Å²) in [4.78, 5) is 11.5. The summed E-state index contributed by atoms with van der Waals surface area (Å²) in [6.45, 7) is 8.28. The van der Waals surface area contributed by atoms with Crippen LogP contribution in [0.25, 0.3) is 0 Å². The molecule has 1 heterocycles. The molecule has 0 amide bonds. The van der Waals surface area contributed by atoms with Crippen molar-refractivity contribution in [1.29, 1.82) is 0 Å². The zero-order valence-electron chi connectivity index (χ0n) is 9.96. The van der Waals surface area contributed by atoms with E-state index in [0.29, 0.717) is 0 Å². The maximum absolute atomic E-state index is 11.5. The summed E-state index contributed by atoms with van der Waals surface area (Å²) in [7, 11) is 0. The fourth-order valence-electron chi connectivity index (χ4n) is 1.78. The molecule has 0 aromatic carbocycles. The van der Waals surface area contributed by atoms with Crippen molar-refractivity contribution in [2.24, 2.45) is 0 Å². The zero-order valence-corrected chi connectivity index (χ0v) is 15.7. The van der Waals surface area contributed by atoms with E-state index < -0.39 is 44.6 Å². The summed E-state index contributed by atoms with van der Waals surface area (Å²) in [5.41, 5.74) is 0. The van der Waals surface area contributed by atoms with Gasteiger partial charge in [-0.3, -0.25) is 0 Å². The first kappa shape index (κ1) is 13.9. The molecule has 1 aliphatic heterocycles. The van der Waals surface area contributed by atoms with E-state index in [2.05, 4.69) is 27.7 Å². The van der Waals surface area contributed by atoms with Crippen LogP contribution < -0.4 is 0 Å². The van der Waals surface area contributed by atoms with Crippen LogP contribution in [0.3, 0.4) is 0 Å². The second kappa shape index (κ2) is 5.44. The molecule has 6 heteroatoms. The maximum atomic E-state index is 11.5. The van der Waals surface area contributed by atoms with E-state index in [1.165, 1.54) is 0 Å². The molecule has 1 saturated heterocycles. The Hall–Kier alpha value is 0.827. The van der Waals surface area contributed by atoms with Gasteiger partial charge in [0.05, 0.1) is 0 Å². The van der Waals surface area contributed by atoms with Crippen molar-refractivity contribution in [2.45, 2.75) is 45.4 Å². The minimum atomic E-state index is -3.04. The molecular formula is C9H20O4Sn2. The molecule has 0 bridgehead atoms. The molecule has 4 nitrogen and oxygen atoms in total. The molecular weight excluding hydrogens is 410 g/mol. The van der Waals surface area contributed by atoms with Gasteiger partial charge in [0, 0.05) is 0 Å². The molecule has 0 spiro atoms. The minimum absolute atomic E-state index is 0.430. The van der Waals surface area contributed by atoms with Crippen LogP contribution in [0.2, 0.25) is 17.7 Å². The van der Waals surface area contributed by atoms with Crippen LogP contribution in [0, 0.1) is 0 Å². The van der Waals surface area contributed by atoms with Gasteiger partial charge in [0.1, 0.15) is 0 Å². The van der Waals surface area contributed by atoms with Crippen molar-refractivity contribution in [2.75, 3.05) is 0 Å². The van der Waals surface area contributed by atoms with E-state index in [9.17, 15) is 4.79 Å². The monoisotopic (exact) mass is 432 g/mol. The molecule has 0 aromatic rings. The second-order valence-electron chi connectivity index (χ2n) is 3.79. The van der Waals surface area contributed by atoms with Gasteiger partial charge in [0.15, 0.2) is 0 Å². The quantitative estimate of drug-likeness (QED) is 0.644. The van der Waals surface area contributed by atoms with Crippen LogP contribution in [-0.2, 0) is 7.56 Å². The topological polar surface area (TPSA) is 44.8 Å². The molecule has 1 aliphatic rings. The van der Waals surface area contributed by atoms with Crippen LogP contribution in [0.4, 0.5) is 4.79 Å². The van der Waals surface area contributed by atoms with E-state index in [0.717, 1.165) is 17.7 Å². The Morgan fingerprint density at radius 3 is 1.47 bits per heavy atom. The van der Waals surface area contributed by atoms with E-state index >= 15 is 0 Å². The molecule has 0 aromatic heterocycles. The molecule has 1 fully saturated rings. The Labute approximate surface area is 102 Å². The third kappa shape index (κ3) is 2.94. The first-order valence-corrected chi connectivity index (χ1v) is 18.4. The van der Waals surface area contributed by atoms with Gasteiger partial charge in [0.25, 0.3) is 0 Å². The van der Waals surface area contributed by atoms with Crippen LogP contribution in [-0.4, -0.2) is 44.6 Å². The average Bonchev–Trinajstić information content (AvgIpc) is 2.28. The number of hydrogen-bond acceptors (Lipinski definition) is 4. The van der Waals surface area contributed by atoms with Gasteiger partial charge >= 0.3 is 102 Å². The number of carbonyl (C=O) groups excluding carboxylic acids is 1. The first-order chi connectivity index (χ1) is 7.05. The molecule has 1 rings (SSSR count). The second-order valence-corrected chi connectivity index (χ2v) is 27.9. The Balaban J connectivity index is 2.92. The van der Waals surface area contributed by atoms with Crippen LogP contribution >= 0.6 is 0 Å². The van der Waals surface area contributed by atoms with Gasteiger partial charge in [-0.2, -0.15) is 0 Å². The van der Waals surface area contributed by atoms with E-state index in [4.69, 9.17) is 7.56 Å². The van der Waals surface area contributed by atoms with Crippen molar-refractivity contribution in [3.8, 4) is 0 Å². The summed E-state index contributed by atoms with van der Waals surface area (Å²) in [5.74, 6) is 0. The van der Waals surface area contributed by atoms with Crippen molar-refractivity contribution in [1.82, 2.24) is 0 Å². The van der Waals surface area contributed by atoms with Gasteiger partial charge in [-0.1, -0.05) is 0 Å². The predicted molar refractivity (Wildman–Crippen MR) is 62.1 cm³/mol. The third-order valence-electron chi connectivity index (χ3n) is 3.07. The Bertz CT molecular complexity index is 214. The summed E-state index contributed by atoms with van der Waals surface area (Å²) >= 11 is -6.08. The molecule has 0 N–H and O–H groups in total. The molecule has 0 aliphatic carbocycles.